The van der Waals surface area contributed by atoms with E-state index in [1.54, 1.807) is 24.5 Å². The molecule has 4 heteroatoms. The summed E-state index contributed by atoms with van der Waals surface area (Å²) in [6.07, 6.45) is 3.44. The highest BCUT2D eigenvalue weighted by molar-refractivity contribution is 5.97. The van der Waals surface area contributed by atoms with Crippen molar-refractivity contribution in [2.24, 2.45) is 5.73 Å². The molecule has 0 bridgehead atoms. The minimum atomic E-state index is 0.00956. The molecule has 0 saturated heterocycles. The van der Waals surface area contributed by atoms with Crippen LogP contribution in [0.15, 0.2) is 48.8 Å². The van der Waals surface area contributed by atoms with E-state index >= 15 is 0 Å². The fourth-order valence-corrected chi connectivity index (χ4v) is 1.46. The van der Waals surface area contributed by atoms with Crippen LogP contribution in [-0.2, 0) is 6.61 Å². The Labute approximate surface area is 99.6 Å². The Morgan fingerprint density at radius 3 is 2.59 bits per heavy atom. The van der Waals surface area contributed by atoms with E-state index in [4.69, 9.17) is 15.9 Å². The van der Waals surface area contributed by atoms with Crippen LogP contribution in [0.2, 0.25) is 0 Å². The van der Waals surface area contributed by atoms with Crippen LogP contribution in [-0.4, -0.2) is 10.8 Å². The summed E-state index contributed by atoms with van der Waals surface area (Å²) >= 11 is 0. The van der Waals surface area contributed by atoms with E-state index in [1.165, 1.54) is 0 Å². The third-order valence-corrected chi connectivity index (χ3v) is 2.32. The van der Waals surface area contributed by atoms with Crippen molar-refractivity contribution in [3.63, 3.8) is 0 Å². The normalized spacial score (nSPS) is 9.88. The molecule has 0 atom stereocenters. The number of nitrogens with one attached hydrogen (secondary N) is 1. The molecule has 0 aliphatic heterocycles. The van der Waals surface area contributed by atoms with Gasteiger partial charge in [0.2, 0.25) is 0 Å². The maximum absolute atomic E-state index is 7.45. The third-order valence-electron chi connectivity index (χ3n) is 2.32. The van der Waals surface area contributed by atoms with Crippen LogP contribution in [0, 0.1) is 5.41 Å². The van der Waals surface area contributed by atoms with Crippen molar-refractivity contribution in [3.8, 4) is 5.75 Å². The number of hydrogen-bond donors (Lipinski definition) is 2. The first-order valence-corrected chi connectivity index (χ1v) is 5.22. The van der Waals surface area contributed by atoms with E-state index in [9.17, 15) is 0 Å². The predicted octanol–water partition coefficient (Wildman–Crippen LogP) is 1.94. The summed E-state index contributed by atoms with van der Waals surface area (Å²) in [5, 5.41) is 7.45. The molecular weight excluding hydrogens is 214 g/mol. The van der Waals surface area contributed by atoms with Gasteiger partial charge < -0.3 is 10.5 Å². The van der Waals surface area contributed by atoms with Gasteiger partial charge in [-0.2, -0.15) is 0 Å². The average molecular weight is 227 g/mol. The van der Waals surface area contributed by atoms with Crippen LogP contribution >= 0.6 is 0 Å². The smallest absolute Gasteiger partial charge is 0.130 e. The average Bonchev–Trinajstić information content (AvgIpc) is 2.38. The minimum Gasteiger partial charge on any atom is -0.488 e. The number of hydrogen-bond acceptors (Lipinski definition) is 3. The van der Waals surface area contributed by atoms with Crippen molar-refractivity contribution in [3.05, 3.63) is 59.9 Å². The molecule has 17 heavy (non-hydrogen) atoms. The van der Waals surface area contributed by atoms with Gasteiger partial charge in [0.25, 0.3) is 0 Å². The first-order chi connectivity index (χ1) is 8.27. The third kappa shape index (κ3) is 2.81. The number of nitrogen functional groups attached to an aromatic ring is 1. The Kier molecular flexibility index (Phi) is 3.35. The molecule has 0 aliphatic rings. The highest BCUT2D eigenvalue weighted by Gasteiger charge is 2.05. The predicted molar refractivity (Wildman–Crippen MR) is 66.0 cm³/mol. The zero-order valence-corrected chi connectivity index (χ0v) is 9.26. The van der Waals surface area contributed by atoms with Crippen LogP contribution in [0.4, 0.5) is 0 Å². The number of para-hydroxylation sites is 1. The van der Waals surface area contributed by atoms with Gasteiger partial charge in [-0.3, -0.25) is 10.4 Å². The summed E-state index contributed by atoms with van der Waals surface area (Å²) in [6.45, 7) is 0.437. The molecule has 0 radical (unpaired) electrons. The number of pyridine rings is 1. The van der Waals surface area contributed by atoms with Crippen molar-refractivity contribution < 1.29 is 4.74 Å². The fourth-order valence-electron chi connectivity index (χ4n) is 1.46. The first kappa shape index (κ1) is 11.1. The Morgan fingerprint density at radius 2 is 1.88 bits per heavy atom. The van der Waals surface area contributed by atoms with Crippen LogP contribution in [0.5, 0.6) is 5.75 Å². The number of aromatic nitrogens is 1. The lowest BCUT2D eigenvalue weighted by atomic mass is 10.2. The van der Waals surface area contributed by atoms with Gasteiger partial charge in [0.1, 0.15) is 18.2 Å². The molecule has 0 unspecified atom stereocenters. The Morgan fingerprint density at radius 1 is 1.18 bits per heavy atom. The maximum Gasteiger partial charge on any atom is 0.130 e. The molecule has 4 nitrogen and oxygen atoms in total. The van der Waals surface area contributed by atoms with Gasteiger partial charge in [0.05, 0.1) is 5.56 Å². The van der Waals surface area contributed by atoms with E-state index < -0.39 is 0 Å². The molecule has 1 aromatic carbocycles. The van der Waals surface area contributed by atoms with E-state index in [0.717, 1.165) is 5.56 Å². The molecule has 1 heterocycles. The van der Waals surface area contributed by atoms with Crippen molar-refractivity contribution in [1.29, 1.82) is 5.41 Å². The summed E-state index contributed by atoms with van der Waals surface area (Å²) in [5.74, 6) is 0.632. The van der Waals surface area contributed by atoms with Crippen molar-refractivity contribution in [1.82, 2.24) is 4.98 Å². The zero-order chi connectivity index (χ0) is 12.1. The van der Waals surface area contributed by atoms with Gasteiger partial charge in [-0.15, -0.1) is 0 Å². The summed E-state index contributed by atoms with van der Waals surface area (Å²) in [4.78, 5) is 3.94. The monoisotopic (exact) mass is 227 g/mol. The summed E-state index contributed by atoms with van der Waals surface area (Å²) in [7, 11) is 0. The van der Waals surface area contributed by atoms with Crippen molar-refractivity contribution in [2.75, 3.05) is 0 Å². The SMILES string of the molecule is N=C(N)c1ccccc1OCc1ccncc1. The summed E-state index contributed by atoms with van der Waals surface area (Å²) in [6, 6.07) is 11.0. The quantitative estimate of drug-likeness (QED) is 0.619. The second-order valence-electron chi connectivity index (χ2n) is 3.55. The molecule has 86 valence electrons. The van der Waals surface area contributed by atoms with E-state index in [2.05, 4.69) is 4.98 Å². The topological polar surface area (TPSA) is 72.0 Å². The molecule has 0 fully saturated rings. The van der Waals surface area contributed by atoms with Gasteiger partial charge in [-0.25, -0.2) is 0 Å². The molecule has 2 rings (SSSR count). The van der Waals surface area contributed by atoms with Crippen LogP contribution < -0.4 is 10.5 Å². The second kappa shape index (κ2) is 5.12. The highest BCUT2D eigenvalue weighted by atomic mass is 16.5. The van der Waals surface area contributed by atoms with Gasteiger partial charge in [-0.1, -0.05) is 12.1 Å². The largest absolute Gasteiger partial charge is 0.488 e. The number of rotatable bonds is 4. The molecule has 0 amide bonds. The summed E-state index contributed by atoms with van der Waals surface area (Å²) in [5.41, 5.74) is 7.12. The molecule has 0 saturated carbocycles. The van der Waals surface area contributed by atoms with Crippen LogP contribution in [0.25, 0.3) is 0 Å². The highest BCUT2D eigenvalue weighted by Crippen LogP contribution is 2.18. The summed E-state index contributed by atoms with van der Waals surface area (Å²) < 4.78 is 5.64. The number of benzene rings is 1. The number of nitrogens with two attached hydrogens (primary N) is 1. The first-order valence-electron chi connectivity index (χ1n) is 5.22. The van der Waals surface area contributed by atoms with Crippen molar-refractivity contribution >= 4 is 5.84 Å². The Balaban J connectivity index is 2.12. The molecule has 1 aromatic heterocycles. The van der Waals surface area contributed by atoms with Crippen LogP contribution in [0.1, 0.15) is 11.1 Å². The maximum atomic E-state index is 7.45. The van der Waals surface area contributed by atoms with Crippen molar-refractivity contribution in [2.45, 2.75) is 6.61 Å². The van der Waals surface area contributed by atoms with Gasteiger partial charge in [0, 0.05) is 12.4 Å². The lowest BCUT2D eigenvalue weighted by molar-refractivity contribution is 0.305. The lowest BCUT2D eigenvalue weighted by Crippen LogP contribution is -2.13. The van der Waals surface area contributed by atoms with E-state index in [0.29, 0.717) is 17.9 Å². The number of ether oxygens (including phenoxy) is 1. The lowest BCUT2D eigenvalue weighted by Gasteiger charge is -2.10. The Bertz CT molecular complexity index is 511. The Hall–Kier alpha value is -2.36. The number of amidine groups is 1. The zero-order valence-electron chi connectivity index (χ0n) is 9.26. The molecule has 3 N–H and O–H groups in total. The van der Waals surface area contributed by atoms with Gasteiger partial charge in [-0.05, 0) is 29.8 Å². The molecule has 0 spiro atoms. The van der Waals surface area contributed by atoms with Gasteiger partial charge in [0.15, 0.2) is 0 Å². The van der Waals surface area contributed by atoms with E-state index in [1.807, 2.05) is 24.3 Å². The second-order valence-corrected chi connectivity index (χ2v) is 3.55. The molecule has 2 aromatic rings. The molecule has 0 aliphatic carbocycles. The van der Waals surface area contributed by atoms with Crippen LogP contribution in [0.3, 0.4) is 0 Å². The minimum absolute atomic E-state index is 0.00956. The van der Waals surface area contributed by atoms with E-state index in [-0.39, 0.29) is 5.84 Å². The standard InChI is InChI=1S/C13H13N3O/c14-13(15)11-3-1-2-4-12(11)17-9-10-5-7-16-8-6-10/h1-8H,9H2,(H3,14,15). The molecular formula is C13H13N3O. The van der Waals surface area contributed by atoms with Gasteiger partial charge >= 0.3 is 0 Å². The fraction of sp³-hybridized carbons (Fsp3) is 0.0769. The number of nitrogens with zero attached hydrogens (tertiary/aromatic N) is 1.